The van der Waals surface area contributed by atoms with E-state index in [-0.39, 0.29) is 5.82 Å². The minimum absolute atomic E-state index is 0.260. The Bertz CT molecular complexity index is 831. The van der Waals surface area contributed by atoms with Crippen LogP contribution in [0.15, 0.2) is 23.6 Å². The number of aromatic nitrogens is 4. The first kappa shape index (κ1) is 21.9. The van der Waals surface area contributed by atoms with Gasteiger partial charge in [0.15, 0.2) is 17.7 Å². The molecule has 0 radical (unpaired) electrons. The largest absolute Gasteiger partial charge is 0.387 e. The number of fused-ring (bicyclic) bond motifs is 1. The van der Waals surface area contributed by atoms with Crippen LogP contribution in [0.3, 0.4) is 0 Å². The molecule has 0 saturated carbocycles. The number of allylic oxidation sites excluding steroid dienone is 1. The predicted octanol–water partition coefficient (Wildman–Crippen LogP) is -1.31. The van der Waals surface area contributed by atoms with Gasteiger partial charge in [-0.15, -0.1) is 11.8 Å². The normalized spacial score (nSPS) is 25.2. The number of nitrogens with zero attached hydrogens (tertiary/aromatic N) is 4. The minimum Gasteiger partial charge on any atom is -0.387 e. The number of imidazole rings is 1. The van der Waals surface area contributed by atoms with E-state index in [0.29, 0.717) is 16.9 Å². The summed E-state index contributed by atoms with van der Waals surface area (Å²) in [6, 6.07) is 0. The molecular formula is C18H31N7O3S+2. The van der Waals surface area contributed by atoms with E-state index in [1.807, 2.05) is 0 Å². The van der Waals surface area contributed by atoms with Crippen LogP contribution >= 0.6 is 11.8 Å². The quantitative estimate of drug-likeness (QED) is 0.292. The Balaban J connectivity index is 1.64. The summed E-state index contributed by atoms with van der Waals surface area (Å²) < 4.78 is 7.59. The average molecular weight is 426 g/mol. The second kappa shape index (κ2) is 10.3. The van der Waals surface area contributed by atoms with E-state index in [9.17, 15) is 10.2 Å². The lowest BCUT2D eigenvalue weighted by Gasteiger charge is -2.16. The third-order valence-electron chi connectivity index (χ3n) is 4.98. The number of hydrogen-bond donors (Lipinski definition) is 5. The van der Waals surface area contributed by atoms with Crippen LogP contribution in [-0.4, -0.2) is 66.9 Å². The van der Waals surface area contributed by atoms with Gasteiger partial charge in [0.25, 0.3) is 0 Å². The van der Waals surface area contributed by atoms with E-state index >= 15 is 0 Å². The molecule has 29 heavy (non-hydrogen) atoms. The van der Waals surface area contributed by atoms with Crippen LogP contribution in [0.2, 0.25) is 0 Å². The van der Waals surface area contributed by atoms with E-state index in [4.69, 9.17) is 10.5 Å². The van der Waals surface area contributed by atoms with E-state index in [2.05, 4.69) is 32.5 Å². The van der Waals surface area contributed by atoms with Gasteiger partial charge in [0.05, 0.1) is 25.5 Å². The van der Waals surface area contributed by atoms with Crippen molar-refractivity contribution in [2.24, 2.45) is 0 Å². The molecular weight excluding hydrogens is 394 g/mol. The highest BCUT2D eigenvalue weighted by atomic mass is 32.2. The van der Waals surface area contributed by atoms with Crippen LogP contribution in [0.25, 0.3) is 11.2 Å². The van der Waals surface area contributed by atoms with Gasteiger partial charge in [-0.2, -0.15) is 0 Å². The number of aliphatic hydroxyl groups is 2. The molecule has 2 aromatic heterocycles. The van der Waals surface area contributed by atoms with Crippen LogP contribution in [0, 0.1) is 0 Å². The number of hydrogen-bond acceptors (Lipinski definition) is 8. The Morgan fingerprint density at radius 1 is 1.21 bits per heavy atom. The molecule has 3 rings (SSSR count). The van der Waals surface area contributed by atoms with E-state index < -0.39 is 24.5 Å². The maximum atomic E-state index is 10.6. The number of aliphatic hydroxyl groups excluding tert-OH is 2. The second-order valence-electron chi connectivity index (χ2n) is 7.06. The number of unbranched alkanes of at least 4 members (excludes halogenated alkanes) is 2. The van der Waals surface area contributed by atoms with Gasteiger partial charge >= 0.3 is 0 Å². The number of rotatable bonds is 10. The van der Waals surface area contributed by atoms with Gasteiger partial charge in [-0.1, -0.05) is 0 Å². The molecule has 160 valence electrons. The summed E-state index contributed by atoms with van der Waals surface area (Å²) in [4.78, 5) is 13.6. The van der Waals surface area contributed by atoms with Crippen molar-refractivity contribution in [1.82, 2.24) is 19.5 Å². The molecule has 10 N–H and O–H groups in total. The molecule has 0 aliphatic carbocycles. The van der Waals surface area contributed by atoms with Crippen molar-refractivity contribution in [3.63, 3.8) is 0 Å². The summed E-state index contributed by atoms with van der Waals surface area (Å²) in [5, 5.41) is 21.1. The van der Waals surface area contributed by atoms with Crippen molar-refractivity contribution in [3.05, 3.63) is 23.6 Å². The molecule has 11 heteroatoms. The molecule has 1 aliphatic rings. The van der Waals surface area contributed by atoms with Crippen molar-refractivity contribution in [3.8, 4) is 0 Å². The Morgan fingerprint density at radius 3 is 2.79 bits per heavy atom. The maximum Gasteiger partial charge on any atom is 0.167 e. The first-order valence-corrected chi connectivity index (χ1v) is 10.9. The SMILES string of the molecule is Nc1ncnc2c1ncn2[C@@H]1O[C@H](CS/C(=C/C[NH3+])CCCCC[NH3+])[C@@H](O)[C@H]1O. The van der Waals surface area contributed by atoms with Crippen molar-refractivity contribution in [2.45, 2.75) is 50.2 Å². The first-order chi connectivity index (χ1) is 14.1. The molecule has 0 spiro atoms. The van der Waals surface area contributed by atoms with Gasteiger partial charge in [0.2, 0.25) is 0 Å². The molecule has 1 aliphatic heterocycles. The zero-order chi connectivity index (χ0) is 20.8. The van der Waals surface area contributed by atoms with Gasteiger partial charge in [-0.05, 0) is 36.7 Å². The molecule has 1 fully saturated rings. The number of quaternary nitrogens is 2. The van der Waals surface area contributed by atoms with Crippen LogP contribution < -0.4 is 17.2 Å². The fraction of sp³-hybridized carbons (Fsp3) is 0.611. The molecule has 4 atom stereocenters. The Kier molecular flexibility index (Phi) is 7.81. The van der Waals surface area contributed by atoms with Crippen molar-refractivity contribution < 1.29 is 26.4 Å². The lowest BCUT2D eigenvalue weighted by atomic mass is 10.1. The minimum atomic E-state index is -1.09. The van der Waals surface area contributed by atoms with Crippen LogP contribution in [0.5, 0.6) is 0 Å². The van der Waals surface area contributed by atoms with E-state index in [1.54, 1.807) is 16.3 Å². The first-order valence-electron chi connectivity index (χ1n) is 9.91. The Hall–Kier alpha value is -1.76. The van der Waals surface area contributed by atoms with Crippen molar-refractivity contribution >= 4 is 28.7 Å². The van der Waals surface area contributed by atoms with Gasteiger partial charge in [-0.25, -0.2) is 15.0 Å². The molecule has 1 saturated heterocycles. The van der Waals surface area contributed by atoms with E-state index in [1.165, 1.54) is 17.6 Å². The Labute approximate surface area is 173 Å². The molecule has 0 amide bonds. The predicted molar refractivity (Wildman–Crippen MR) is 110 cm³/mol. The highest BCUT2D eigenvalue weighted by Crippen LogP contribution is 2.35. The third kappa shape index (κ3) is 5.05. The smallest absolute Gasteiger partial charge is 0.167 e. The standard InChI is InChI=1S/C18H29N7O3S/c19-6-3-1-2-4-11(5-7-20)29-8-12-14(26)15(27)18(28-12)25-10-24-13-16(21)22-9-23-17(13)25/h5,9-10,12,14-15,18,26-27H,1-4,6-8,19-20H2,(H2,21,22,23)/p+2/b11-5+/t12-,14-,15-,18-/m1/s1. The average Bonchev–Trinajstić information content (AvgIpc) is 3.26. The topological polar surface area (TPSA) is 175 Å². The van der Waals surface area contributed by atoms with Gasteiger partial charge < -0.3 is 32.2 Å². The fourth-order valence-electron chi connectivity index (χ4n) is 3.39. The highest BCUT2D eigenvalue weighted by Gasteiger charge is 2.44. The summed E-state index contributed by atoms with van der Waals surface area (Å²) in [6.07, 6.45) is 5.95. The molecule has 0 aromatic carbocycles. The summed E-state index contributed by atoms with van der Waals surface area (Å²) in [5.74, 6) is 0.801. The number of nitrogens with two attached hydrogens (primary N) is 1. The zero-order valence-electron chi connectivity index (χ0n) is 16.5. The molecule has 3 heterocycles. The second-order valence-corrected chi connectivity index (χ2v) is 8.21. The molecule has 10 nitrogen and oxygen atoms in total. The number of ether oxygens (including phenoxy) is 1. The van der Waals surface area contributed by atoms with Crippen molar-refractivity contribution in [2.75, 3.05) is 24.6 Å². The zero-order valence-corrected chi connectivity index (χ0v) is 17.3. The monoisotopic (exact) mass is 425 g/mol. The van der Waals surface area contributed by atoms with Gasteiger partial charge in [-0.3, -0.25) is 4.57 Å². The molecule has 0 bridgehead atoms. The summed E-state index contributed by atoms with van der Waals surface area (Å²) >= 11 is 1.65. The highest BCUT2D eigenvalue weighted by molar-refractivity contribution is 8.03. The van der Waals surface area contributed by atoms with Crippen LogP contribution in [0.1, 0.15) is 31.9 Å². The number of anilines is 1. The number of nitrogen functional groups attached to an aromatic ring is 1. The number of thioether (sulfide) groups is 1. The lowest BCUT2D eigenvalue weighted by molar-refractivity contribution is -0.368. The van der Waals surface area contributed by atoms with Crippen molar-refractivity contribution in [1.29, 1.82) is 0 Å². The maximum absolute atomic E-state index is 10.6. The van der Waals surface area contributed by atoms with Gasteiger partial charge in [0, 0.05) is 5.75 Å². The fourth-order valence-corrected chi connectivity index (χ4v) is 4.57. The van der Waals surface area contributed by atoms with Gasteiger partial charge in [0.1, 0.15) is 24.1 Å². The van der Waals surface area contributed by atoms with Crippen LogP contribution in [0.4, 0.5) is 5.82 Å². The summed E-state index contributed by atoms with van der Waals surface area (Å²) in [7, 11) is 0. The molecule has 2 aromatic rings. The summed E-state index contributed by atoms with van der Waals surface area (Å²) in [5.41, 5.74) is 14.5. The third-order valence-corrected chi connectivity index (χ3v) is 6.21. The Morgan fingerprint density at radius 2 is 2.03 bits per heavy atom. The van der Waals surface area contributed by atoms with E-state index in [0.717, 1.165) is 38.8 Å². The molecule has 0 unspecified atom stereocenters. The lowest BCUT2D eigenvalue weighted by Crippen LogP contribution is -2.50. The van der Waals surface area contributed by atoms with Crippen LogP contribution in [-0.2, 0) is 4.74 Å². The summed E-state index contributed by atoms with van der Waals surface area (Å²) in [6.45, 7) is 1.68.